The maximum Gasteiger partial charge on any atom is 0.415 e. The number of hydrogen-bond donors (Lipinski definition) is 1. The molecule has 3 atom stereocenters. The summed E-state index contributed by atoms with van der Waals surface area (Å²) in [4.78, 5) is 58.2. The molecule has 32 heavy (non-hydrogen) atoms. The molecule has 2 fully saturated rings. The van der Waals surface area contributed by atoms with E-state index >= 15 is 0 Å². The lowest BCUT2D eigenvalue weighted by Crippen LogP contribution is -2.53. The molecular weight excluding hydrogens is 416 g/mol. The molecule has 4 rings (SSSR count). The molecule has 2 aliphatic heterocycles. The molecule has 0 saturated carbocycles. The van der Waals surface area contributed by atoms with Crippen LogP contribution in [0.1, 0.15) is 36.7 Å². The van der Waals surface area contributed by atoms with Crippen LogP contribution >= 0.6 is 0 Å². The molecule has 0 spiro atoms. The van der Waals surface area contributed by atoms with E-state index in [1.807, 2.05) is 6.92 Å². The first-order chi connectivity index (χ1) is 15.5. The van der Waals surface area contributed by atoms with Crippen LogP contribution in [0.3, 0.4) is 0 Å². The number of ether oxygens (including phenoxy) is 1. The number of Topliss-reactive ketones (excluding diaryl/α,β-unsaturated/α-hetero) is 1. The summed E-state index contributed by atoms with van der Waals surface area (Å²) in [5.41, 5.74) is 0.261. The zero-order chi connectivity index (χ0) is 22.7. The van der Waals surface area contributed by atoms with E-state index in [9.17, 15) is 19.2 Å². The summed E-state index contributed by atoms with van der Waals surface area (Å²) in [7, 11) is 0. The molecule has 0 bridgehead atoms. The summed E-state index contributed by atoms with van der Waals surface area (Å²) < 4.78 is 10.0. The predicted molar refractivity (Wildman–Crippen MR) is 111 cm³/mol. The van der Waals surface area contributed by atoms with Crippen molar-refractivity contribution in [2.45, 2.75) is 44.3 Å². The van der Waals surface area contributed by atoms with Gasteiger partial charge >= 0.3 is 6.09 Å². The number of likely N-dealkylation sites (tertiary alicyclic amines) is 2. The molecule has 2 aromatic heterocycles. The van der Waals surface area contributed by atoms with Gasteiger partial charge in [-0.25, -0.2) is 4.79 Å². The number of nitrogens with zero attached hydrogens (tertiary/aromatic N) is 3. The van der Waals surface area contributed by atoms with Gasteiger partial charge < -0.3 is 24.3 Å². The van der Waals surface area contributed by atoms with Crippen LogP contribution in [0.5, 0.6) is 5.95 Å². The molecule has 3 amide bonds. The zero-order valence-electron chi connectivity index (χ0n) is 17.6. The van der Waals surface area contributed by atoms with Crippen molar-refractivity contribution in [2.75, 3.05) is 13.1 Å². The van der Waals surface area contributed by atoms with Gasteiger partial charge in [0, 0.05) is 18.8 Å². The average Bonchev–Trinajstić information content (AvgIpc) is 3.52. The molecule has 0 aliphatic carbocycles. The van der Waals surface area contributed by atoms with Gasteiger partial charge in [-0.2, -0.15) is 0 Å². The highest BCUT2D eigenvalue weighted by Crippen LogP contribution is 2.31. The van der Waals surface area contributed by atoms with Gasteiger partial charge in [0.1, 0.15) is 17.8 Å². The highest BCUT2D eigenvalue weighted by Gasteiger charge is 2.52. The number of nitrogens with one attached hydrogen (secondary N) is 1. The second-order valence-corrected chi connectivity index (χ2v) is 7.75. The largest absolute Gasteiger partial charge is 0.434 e. The average molecular weight is 440 g/mol. The van der Waals surface area contributed by atoms with Crippen LogP contribution < -0.4 is 10.1 Å². The van der Waals surface area contributed by atoms with Crippen LogP contribution in [0.4, 0.5) is 4.79 Å². The van der Waals surface area contributed by atoms with Crippen molar-refractivity contribution in [2.24, 2.45) is 0 Å². The van der Waals surface area contributed by atoms with Crippen molar-refractivity contribution in [3.63, 3.8) is 0 Å². The molecular formula is C22H24N4O6. The van der Waals surface area contributed by atoms with E-state index in [0.29, 0.717) is 25.8 Å². The zero-order valence-corrected chi connectivity index (χ0v) is 17.6. The van der Waals surface area contributed by atoms with Gasteiger partial charge in [0.15, 0.2) is 5.78 Å². The summed E-state index contributed by atoms with van der Waals surface area (Å²) in [6.07, 6.45) is 3.58. The van der Waals surface area contributed by atoms with Gasteiger partial charge in [-0.15, -0.1) is 0 Å². The van der Waals surface area contributed by atoms with Crippen molar-refractivity contribution in [1.29, 1.82) is 0 Å². The second-order valence-electron chi connectivity index (χ2n) is 7.75. The molecule has 2 aliphatic rings. The van der Waals surface area contributed by atoms with Crippen molar-refractivity contribution in [3.8, 4) is 5.95 Å². The summed E-state index contributed by atoms with van der Waals surface area (Å²) in [6, 6.07) is 6.09. The molecule has 10 nitrogen and oxygen atoms in total. The number of pyridine rings is 1. The van der Waals surface area contributed by atoms with Gasteiger partial charge in [-0.05, 0) is 31.0 Å². The minimum absolute atomic E-state index is 0.0149. The van der Waals surface area contributed by atoms with E-state index in [4.69, 9.17) is 9.15 Å². The molecule has 10 heteroatoms. The minimum Gasteiger partial charge on any atom is -0.434 e. The number of hydrogen-bond acceptors (Lipinski definition) is 7. The van der Waals surface area contributed by atoms with Crippen LogP contribution in [-0.2, 0) is 9.59 Å². The quantitative estimate of drug-likeness (QED) is 0.724. The Morgan fingerprint density at radius 3 is 2.78 bits per heavy atom. The Hall–Kier alpha value is -3.69. The van der Waals surface area contributed by atoms with Crippen molar-refractivity contribution in [3.05, 3.63) is 48.5 Å². The van der Waals surface area contributed by atoms with Crippen LogP contribution in [0, 0.1) is 0 Å². The number of carbonyl (C=O) groups is 4. The Balaban J connectivity index is 1.45. The monoisotopic (exact) mass is 440 g/mol. The van der Waals surface area contributed by atoms with Gasteiger partial charge in [-0.3, -0.25) is 19.4 Å². The normalized spacial score (nSPS) is 20.7. The number of aromatic nitrogens is 1. The molecule has 4 heterocycles. The smallest absolute Gasteiger partial charge is 0.415 e. The number of ketones is 1. The fourth-order valence-corrected chi connectivity index (χ4v) is 4.31. The fraction of sp³-hybridized carbons (Fsp3) is 0.409. The van der Waals surface area contributed by atoms with E-state index in [1.54, 1.807) is 24.3 Å². The van der Waals surface area contributed by atoms with Gasteiger partial charge in [0.25, 0.3) is 11.9 Å². The van der Waals surface area contributed by atoms with Crippen LogP contribution in [0.25, 0.3) is 0 Å². The minimum atomic E-state index is -0.852. The van der Waals surface area contributed by atoms with Crippen molar-refractivity contribution < 1.29 is 28.3 Å². The number of carbonyl (C=O) groups excluding carboxylic acids is 4. The van der Waals surface area contributed by atoms with Crippen LogP contribution in [0.15, 0.2) is 47.2 Å². The third-order valence-corrected chi connectivity index (χ3v) is 5.71. The van der Waals surface area contributed by atoms with Gasteiger partial charge in [-0.1, -0.05) is 19.4 Å². The van der Waals surface area contributed by atoms with E-state index in [-0.39, 0.29) is 35.8 Å². The van der Waals surface area contributed by atoms with E-state index in [2.05, 4.69) is 10.3 Å². The molecule has 2 aromatic rings. The van der Waals surface area contributed by atoms with Crippen LogP contribution in [0.2, 0.25) is 0 Å². The number of amides is 3. The van der Waals surface area contributed by atoms with Crippen molar-refractivity contribution >= 4 is 23.7 Å². The summed E-state index contributed by atoms with van der Waals surface area (Å²) in [6.45, 7) is 2.14. The molecule has 3 unspecified atom stereocenters. The molecule has 0 radical (unpaired) electrons. The molecule has 1 N–H and O–H groups in total. The number of fused-ring (bicyclic) bond motifs is 1. The second kappa shape index (κ2) is 9.21. The predicted octanol–water partition coefficient (Wildman–Crippen LogP) is 1.63. The Kier molecular flexibility index (Phi) is 6.20. The van der Waals surface area contributed by atoms with E-state index in [1.165, 1.54) is 28.3 Å². The van der Waals surface area contributed by atoms with Crippen LogP contribution in [-0.4, -0.2) is 69.7 Å². The number of furan rings is 1. The highest BCUT2D eigenvalue weighted by atomic mass is 16.6. The number of rotatable bonds is 6. The standard InChI is InChI=1S/C22H24N4O6/c1-2-6-15(24-22(30)32-18-8-5-12-31-18)21(29)25-11-9-16-19(25)17(27)13-26(16)20(28)14-7-3-4-10-23-14/h3-5,7-8,10,12,15-16,19H,2,6,9,11,13H2,1H3,(H,24,30). The lowest BCUT2D eigenvalue weighted by Gasteiger charge is -2.27. The summed E-state index contributed by atoms with van der Waals surface area (Å²) >= 11 is 0. The lowest BCUT2D eigenvalue weighted by atomic mass is 10.1. The van der Waals surface area contributed by atoms with E-state index in [0.717, 1.165) is 0 Å². The fourth-order valence-electron chi connectivity index (χ4n) is 4.31. The summed E-state index contributed by atoms with van der Waals surface area (Å²) in [5, 5.41) is 2.57. The molecule has 0 aromatic carbocycles. The van der Waals surface area contributed by atoms with Crippen molar-refractivity contribution in [1.82, 2.24) is 20.1 Å². The SMILES string of the molecule is CCCC(NC(=O)Oc1ccco1)C(=O)N1CCC2C1C(=O)CN2C(=O)c1ccccn1. The highest BCUT2D eigenvalue weighted by molar-refractivity contribution is 6.02. The first-order valence-corrected chi connectivity index (χ1v) is 10.6. The van der Waals surface area contributed by atoms with Gasteiger partial charge in [0.05, 0.1) is 18.8 Å². The topological polar surface area (TPSA) is 122 Å². The Bertz CT molecular complexity index is 993. The Morgan fingerprint density at radius 2 is 2.09 bits per heavy atom. The summed E-state index contributed by atoms with van der Waals surface area (Å²) in [5.74, 6) is -0.873. The first-order valence-electron chi connectivity index (χ1n) is 10.6. The molecule has 168 valence electrons. The first kappa shape index (κ1) is 21.5. The van der Waals surface area contributed by atoms with E-state index < -0.39 is 24.2 Å². The third kappa shape index (κ3) is 4.20. The Morgan fingerprint density at radius 1 is 1.25 bits per heavy atom. The molecule has 2 saturated heterocycles. The Labute approximate surface area is 184 Å². The van der Waals surface area contributed by atoms with Gasteiger partial charge in [0.2, 0.25) is 5.91 Å². The lowest BCUT2D eigenvalue weighted by molar-refractivity contribution is -0.138. The maximum absolute atomic E-state index is 13.3. The maximum atomic E-state index is 13.3. The third-order valence-electron chi connectivity index (χ3n) is 5.71.